The van der Waals surface area contributed by atoms with Crippen molar-refractivity contribution in [2.45, 2.75) is 25.8 Å². The molecule has 0 fully saturated rings. The molecule has 126 valence electrons. The van der Waals surface area contributed by atoms with Crippen molar-refractivity contribution < 1.29 is 9.50 Å². The van der Waals surface area contributed by atoms with E-state index in [2.05, 4.69) is 28.5 Å². The fraction of sp³-hybridized carbons (Fsp3) is 0.500. The number of benzene rings is 1. The minimum Gasteiger partial charge on any atom is -0.395 e. The van der Waals surface area contributed by atoms with Gasteiger partial charge < -0.3 is 10.4 Å². The van der Waals surface area contributed by atoms with E-state index >= 15 is 0 Å². The molecule has 0 bridgehead atoms. The lowest BCUT2D eigenvalue weighted by molar-refractivity contribution is 0.215. The first-order valence-corrected chi connectivity index (χ1v) is 8.30. The van der Waals surface area contributed by atoms with Gasteiger partial charge in [0.1, 0.15) is 5.82 Å². The summed E-state index contributed by atoms with van der Waals surface area (Å²) in [5.74, 6) is 0.520. The van der Waals surface area contributed by atoms with Crippen molar-refractivity contribution in [1.82, 2.24) is 14.3 Å². The van der Waals surface area contributed by atoms with E-state index < -0.39 is 0 Å². The molecule has 7 heteroatoms. The summed E-state index contributed by atoms with van der Waals surface area (Å²) < 4.78 is 17.4. The van der Waals surface area contributed by atoms with Gasteiger partial charge in [-0.05, 0) is 24.7 Å². The largest absolute Gasteiger partial charge is 0.395 e. The number of anilines is 1. The number of nitrogens with zero attached hydrogens (tertiary/aromatic N) is 3. The number of aromatic nitrogens is 2. The van der Waals surface area contributed by atoms with Crippen molar-refractivity contribution in [3.8, 4) is 0 Å². The molecule has 23 heavy (non-hydrogen) atoms. The highest BCUT2D eigenvalue weighted by Gasteiger charge is 2.21. The highest BCUT2D eigenvalue weighted by Crippen LogP contribution is 2.24. The zero-order valence-corrected chi connectivity index (χ0v) is 14.5. The van der Waals surface area contributed by atoms with E-state index in [0.29, 0.717) is 19.6 Å². The van der Waals surface area contributed by atoms with Crippen LogP contribution in [-0.2, 0) is 12.0 Å². The Morgan fingerprint density at radius 2 is 2.00 bits per heavy atom. The van der Waals surface area contributed by atoms with Crippen molar-refractivity contribution >= 4 is 16.7 Å². The minimum absolute atomic E-state index is 0.123. The smallest absolute Gasteiger partial charge is 0.202 e. The van der Waals surface area contributed by atoms with E-state index in [0.717, 1.165) is 16.5 Å². The molecule has 1 aromatic carbocycles. The number of likely N-dealkylation sites (N-methyl/N-ethyl adjacent to an activating group) is 1. The monoisotopic (exact) mass is 338 g/mol. The molecule has 0 saturated heterocycles. The Morgan fingerprint density at radius 1 is 1.30 bits per heavy atom. The second-order valence-corrected chi connectivity index (χ2v) is 6.97. The molecule has 0 aliphatic rings. The summed E-state index contributed by atoms with van der Waals surface area (Å²) >= 11 is 1.33. The lowest BCUT2D eigenvalue weighted by Crippen LogP contribution is -2.27. The van der Waals surface area contributed by atoms with Gasteiger partial charge in [-0.1, -0.05) is 26.0 Å². The maximum atomic E-state index is 13.0. The Hall–Kier alpha value is -1.57. The quantitative estimate of drug-likeness (QED) is 0.774. The van der Waals surface area contributed by atoms with Crippen molar-refractivity contribution in [2.75, 3.05) is 32.1 Å². The summed E-state index contributed by atoms with van der Waals surface area (Å²) in [6.45, 7) is 6.21. The number of hydrogen-bond acceptors (Lipinski definition) is 6. The fourth-order valence-electron chi connectivity index (χ4n) is 2.18. The maximum Gasteiger partial charge on any atom is 0.202 e. The van der Waals surface area contributed by atoms with Gasteiger partial charge in [0.25, 0.3) is 0 Å². The zero-order valence-electron chi connectivity index (χ0n) is 13.7. The van der Waals surface area contributed by atoms with E-state index in [1.165, 1.54) is 23.7 Å². The first-order valence-electron chi connectivity index (χ1n) is 7.52. The van der Waals surface area contributed by atoms with Gasteiger partial charge in [-0.25, -0.2) is 9.37 Å². The Balaban J connectivity index is 1.92. The highest BCUT2D eigenvalue weighted by atomic mass is 32.1. The van der Waals surface area contributed by atoms with E-state index in [-0.39, 0.29) is 17.8 Å². The molecule has 5 nitrogen and oxygen atoms in total. The minimum atomic E-state index is -0.224. The normalized spacial score (nSPS) is 11.9. The average Bonchev–Trinajstić information content (AvgIpc) is 2.93. The molecule has 1 aromatic heterocycles. The Morgan fingerprint density at radius 3 is 2.65 bits per heavy atom. The topological polar surface area (TPSA) is 61.3 Å². The van der Waals surface area contributed by atoms with Gasteiger partial charge in [-0.2, -0.15) is 4.37 Å². The van der Waals surface area contributed by atoms with Crippen LogP contribution in [-0.4, -0.2) is 46.1 Å². The van der Waals surface area contributed by atoms with Gasteiger partial charge in [0.15, 0.2) is 5.82 Å². The molecular weight excluding hydrogens is 315 g/mol. The molecule has 0 aliphatic carbocycles. The van der Waals surface area contributed by atoms with Crippen molar-refractivity contribution in [2.24, 2.45) is 0 Å². The number of hydrogen-bond donors (Lipinski definition) is 2. The predicted octanol–water partition coefficient (Wildman–Crippen LogP) is 2.49. The fourth-order valence-corrected chi connectivity index (χ4v) is 2.75. The summed E-state index contributed by atoms with van der Waals surface area (Å²) in [6.07, 6.45) is 0. The van der Waals surface area contributed by atoms with Gasteiger partial charge in [0, 0.05) is 30.0 Å². The first-order chi connectivity index (χ1) is 10.9. The van der Waals surface area contributed by atoms with Crippen LogP contribution in [0.2, 0.25) is 0 Å². The Kier molecular flexibility index (Phi) is 6.04. The molecule has 0 spiro atoms. The summed E-state index contributed by atoms with van der Waals surface area (Å²) in [6, 6.07) is 6.59. The van der Waals surface area contributed by atoms with Crippen molar-refractivity contribution in [3.63, 3.8) is 0 Å². The van der Waals surface area contributed by atoms with Gasteiger partial charge in [-0.15, -0.1) is 0 Å². The maximum absolute atomic E-state index is 13.0. The van der Waals surface area contributed by atoms with E-state index in [4.69, 9.17) is 5.11 Å². The lowest BCUT2D eigenvalue weighted by atomic mass is 9.85. The molecule has 0 unspecified atom stereocenters. The van der Waals surface area contributed by atoms with Crippen LogP contribution in [0.4, 0.5) is 9.52 Å². The lowest BCUT2D eigenvalue weighted by Gasteiger charge is -2.25. The number of rotatable bonds is 8. The SMILES string of the molecule is CN(CCO)Cc1nsc(NCC(C)(C)c2ccc(F)cc2)n1. The predicted molar refractivity (Wildman–Crippen MR) is 91.2 cm³/mol. The van der Waals surface area contributed by atoms with Crippen molar-refractivity contribution in [1.29, 1.82) is 0 Å². The van der Waals surface area contributed by atoms with Crippen LogP contribution >= 0.6 is 11.5 Å². The van der Waals surface area contributed by atoms with Crippen LogP contribution < -0.4 is 5.32 Å². The molecule has 0 aliphatic heterocycles. The van der Waals surface area contributed by atoms with Gasteiger partial charge in [0.2, 0.25) is 5.13 Å². The number of aliphatic hydroxyl groups is 1. The summed E-state index contributed by atoms with van der Waals surface area (Å²) in [7, 11) is 1.92. The third-order valence-corrected chi connectivity index (χ3v) is 4.38. The molecule has 1 heterocycles. The Bertz CT molecular complexity index is 615. The van der Waals surface area contributed by atoms with Crippen LogP contribution in [0.5, 0.6) is 0 Å². The molecule has 0 atom stereocenters. The second-order valence-electron chi connectivity index (χ2n) is 6.22. The molecule has 2 aromatic rings. The number of nitrogens with one attached hydrogen (secondary N) is 1. The highest BCUT2D eigenvalue weighted by molar-refractivity contribution is 7.09. The molecular formula is C16H23FN4OS. The van der Waals surface area contributed by atoms with Crippen LogP contribution in [0, 0.1) is 5.82 Å². The van der Waals surface area contributed by atoms with E-state index in [1.807, 2.05) is 24.1 Å². The third-order valence-electron chi connectivity index (χ3n) is 3.67. The van der Waals surface area contributed by atoms with Crippen molar-refractivity contribution in [3.05, 3.63) is 41.5 Å². The first kappa shape index (κ1) is 17.8. The third kappa shape index (κ3) is 5.23. The van der Waals surface area contributed by atoms with E-state index in [1.54, 1.807) is 0 Å². The molecule has 0 radical (unpaired) electrons. The van der Waals surface area contributed by atoms with Crippen LogP contribution in [0.25, 0.3) is 0 Å². The van der Waals surface area contributed by atoms with Crippen LogP contribution in [0.15, 0.2) is 24.3 Å². The number of aliphatic hydroxyl groups excluding tert-OH is 1. The van der Waals surface area contributed by atoms with Gasteiger partial charge >= 0.3 is 0 Å². The van der Waals surface area contributed by atoms with Crippen LogP contribution in [0.3, 0.4) is 0 Å². The zero-order chi connectivity index (χ0) is 16.9. The molecule has 0 amide bonds. The summed E-state index contributed by atoms with van der Waals surface area (Å²) in [5, 5.41) is 13.0. The van der Waals surface area contributed by atoms with E-state index in [9.17, 15) is 4.39 Å². The molecule has 2 rings (SSSR count). The summed E-state index contributed by atoms with van der Waals surface area (Å²) in [5.41, 5.74) is 0.923. The second kappa shape index (κ2) is 7.81. The Labute approximate surface area is 140 Å². The molecule has 0 saturated carbocycles. The standard InChI is InChI=1S/C16H23FN4OS/c1-16(2,12-4-6-13(17)7-5-12)11-18-15-19-14(20-23-15)10-21(3)8-9-22/h4-7,22H,8-11H2,1-3H3,(H,18,19,20). The summed E-state index contributed by atoms with van der Waals surface area (Å²) in [4.78, 5) is 6.42. The van der Waals surface area contributed by atoms with Gasteiger partial charge in [-0.3, -0.25) is 4.90 Å². The van der Waals surface area contributed by atoms with Crippen LogP contribution in [0.1, 0.15) is 25.2 Å². The molecule has 2 N–H and O–H groups in total. The average molecular weight is 338 g/mol. The van der Waals surface area contributed by atoms with Gasteiger partial charge in [0.05, 0.1) is 13.2 Å². The number of halogens is 1.